The number of aryl methyl sites for hydroxylation is 2. The van der Waals surface area contributed by atoms with Crippen LogP contribution in [0.4, 0.5) is 5.69 Å². The fraction of sp³-hybridized carbons (Fsp3) is 0.167. The Balaban J connectivity index is 1.66. The second-order valence-electron chi connectivity index (χ2n) is 5.91. The van der Waals surface area contributed by atoms with Gasteiger partial charge in [0, 0.05) is 5.69 Å². The highest BCUT2D eigenvalue weighted by Gasteiger charge is 2.19. The Morgan fingerprint density at radius 3 is 2.52 bits per heavy atom. The van der Waals surface area contributed by atoms with Crippen LogP contribution in [-0.4, -0.2) is 24.5 Å². The molecule has 0 spiro atoms. The van der Waals surface area contributed by atoms with Crippen molar-refractivity contribution in [3.05, 3.63) is 69.7 Å². The van der Waals surface area contributed by atoms with E-state index in [4.69, 9.17) is 0 Å². The minimum Gasteiger partial charge on any atom is -0.320 e. The maximum Gasteiger partial charge on any atom is 0.286 e. The molecule has 0 radical (unpaired) electrons. The van der Waals surface area contributed by atoms with Crippen LogP contribution in [0.2, 0.25) is 0 Å². The lowest BCUT2D eigenvalue weighted by Crippen LogP contribution is -2.24. The highest BCUT2D eigenvalue weighted by molar-refractivity contribution is 7.89. The number of aromatic nitrogens is 2. The molecule has 1 aromatic heterocycles. The predicted molar refractivity (Wildman–Crippen MR) is 104 cm³/mol. The standard InChI is InChI=1S/C18H18N4O3S2/c1-12-8-9-15(13(2)10-12)27(24,25)19-11-16-21-22-18(26-16)17(23)20-14-6-4-3-5-7-14/h3-10,19H,11H2,1-2H3,(H,20,23). The van der Waals surface area contributed by atoms with Gasteiger partial charge >= 0.3 is 0 Å². The van der Waals surface area contributed by atoms with Crippen LogP contribution in [-0.2, 0) is 16.6 Å². The molecule has 3 aromatic rings. The molecule has 9 heteroatoms. The molecule has 0 aliphatic rings. The van der Waals surface area contributed by atoms with Gasteiger partial charge in [0.25, 0.3) is 5.91 Å². The van der Waals surface area contributed by atoms with Crippen LogP contribution in [0.25, 0.3) is 0 Å². The van der Waals surface area contributed by atoms with Gasteiger partial charge in [-0.2, -0.15) is 0 Å². The molecule has 2 aromatic carbocycles. The van der Waals surface area contributed by atoms with Crippen LogP contribution >= 0.6 is 11.3 Å². The molecule has 0 unspecified atom stereocenters. The number of hydrogen-bond acceptors (Lipinski definition) is 6. The first-order chi connectivity index (χ1) is 12.8. The van der Waals surface area contributed by atoms with Gasteiger partial charge in [0.05, 0.1) is 11.4 Å². The number of sulfonamides is 1. The van der Waals surface area contributed by atoms with E-state index in [1.807, 2.05) is 31.2 Å². The summed E-state index contributed by atoms with van der Waals surface area (Å²) in [6.07, 6.45) is 0. The van der Waals surface area contributed by atoms with Crippen LogP contribution < -0.4 is 10.0 Å². The molecule has 0 aliphatic carbocycles. The predicted octanol–water partition coefficient (Wildman–Crippen LogP) is 2.89. The highest BCUT2D eigenvalue weighted by Crippen LogP contribution is 2.18. The summed E-state index contributed by atoms with van der Waals surface area (Å²) in [7, 11) is -3.68. The van der Waals surface area contributed by atoms with Crippen molar-refractivity contribution in [2.45, 2.75) is 25.3 Å². The summed E-state index contributed by atoms with van der Waals surface area (Å²) in [5.41, 5.74) is 2.31. The molecule has 7 nitrogen and oxygen atoms in total. The van der Waals surface area contributed by atoms with E-state index in [0.29, 0.717) is 16.3 Å². The number of rotatable bonds is 6. The molecule has 2 N–H and O–H groups in total. The molecule has 0 saturated carbocycles. The summed E-state index contributed by atoms with van der Waals surface area (Å²) >= 11 is 1.04. The minimum absolute atomic E-state index is 0.0358. The second kappa shape index (κ2) is 7.95. The number of nitrogens with one attached hydrogen (secondary N) is 2. The zero-order valence-corrected chi connectivity index (χ0v) is 16.4. The third-order valence-corrected chi connectivity index (χ3v) is 6.21. The van der Waals surface area contributed by atoms with E-state index < -0.39 is 10.0 Å². The van der Waals surface area contributed by atoms with Crippen molar-refractivity contribution in [1.29, 1.82) is 0 Å². The van der Waals surface area contributed by atoms with Gasteiger partial charge in [-0.05, 0) is 37.6 Å². The fourth-order valence-corrected chi connectivity index (χ4v) is 4.44. The molecule has 0 aliphatic heterocycles. The first-order valence-electron chi connectivity index (χ1n) is 8.11. The number of amides is 1. The maximum absolute atomic E-state index is 12.5. The Kier molecular flexibility index (Phi) is 5.64. The zero-order valence-electron chi connectivity index (χ0n) is 14.8. The Morgan fingerprint density at radius 1 is 1.07 bits per heavy atom. The van der Waals surface area contributed by atoms with Crippen molar-refractivity contribution < 1.29 is 13.2 Å². The monoisotopic (exact) mass is 402 g/mol. The lowest BCUT2D eigenvalue weighted by Gasteiger charge is -2.08. The largest absolute Gasteiger partial charge is 0.320 e. The minimum atomic E-state index is -3.68. The van der Waals surface area contributed by atoms with Gasteiger partial charge < -0.3 is 5.32 Å². The Bertz CT molecular complexity index is 1060. The number of hydrogen-bond donors (Lipinski definition) is 2. The van der Waals surface area contributed by atoms with Crippen molar-refractivity contribution in [2.24, 2.45) is 0 Å². The van der Waals surface area contributed by atoms with Crippen LogP contribution in [0.1, 0.15) is 25.9 Å². The van der Waals surface area contributed by atoms with Crippen molar-refractivity contribution in [2.75, 3.05) is 5.32 Å². The van der Waals surface area contributed by atoms with E-state index in [0.717, 1.165) is 16.9 Å². The van der Waals surface area contributed by atoms with E-state index in [-0.39, 0.29) is 22.4 Å². The van der Waals surface area contributed by atoms with Gasteiger partial charge in [-0.15, -0.1) is 10.2 Å². The number of anilines is 1. The molecule has 0 saturated heterocycles. The van der Waals surface area contributed by atoms with E-state index in [2.05, 4.69) is 20.2 Å². The first kappa shape index (κ1) is 19.2. The second-order valence-corrected chi connectivity index (χ2v) is 8.71. The molecule has 3 rings (SSSR count). The quantitative estimate of drug-likeness (QED) is 0.660. The van der Waals surface area contributed by atoms with Crippen molar-refractivity contribution in [3.63, 3.8) is 0 Å². The number of benzene rings is 2. The summed E-state index contributed by atoms with van der Waals surface area (Å²) in [6, 6.07) is 14.1. The smallest absolute Gasteiger partial charge is 0.286 e. The third-order valence-electron chi connectivity index (χ3n) is 3.73. The molecule has 27 heavy (non-hydrogen) atoms. The number of para-hydroxylation sites is 1. The van der Waals surface area contributed by atoms with Gasteiger partial charge in [-0.3, -0.25) is 4.79 Å². The molecular weight excluding hydrogens is 384 g/mol. The van der Waals surface area contributed by atoms with Crippen LogP contribution in [0.3, 0.4) is 0 Å². The van der Waals surface area contributed by atoms with Crippen molar-refractivity contribution in [3.8, 4) is 0 Å². The van der Waals surface area contributed by atoms with Crippen molar-refractivity contribution >= 4 is 33.0 Å². The normalized spacial score (nSPS) is 11.3. The van der Waals surface area contributed by atoms with Crippen LogP contribution in [0.15, 0.2) is 53.4 Å². The molecule has 1 amide bonds. The summed E-state index contributed by atoms with van der Waals surface area (Å²) in [6.45, 7) is 3.62. The van der Waals surface area contributed by atoms with Crippen LogP contribution in [0.5, 0.6) is 0 Å². The summed E-state index contributed by atoms with van der Waals surface area (Å²) in [5.74, 6) is -0.387. The Labute approximate surface area is 161 Å². The Morgan fingerprint density at radius 2 is 1.81 bits per heavy atom. The number of carbonyl (C=O) groups excluding carboxylic acids is 1. The molecule has 0 fully saturated rings. The van der Waals surface area contributed by atoms with Crippen molar-refractivity contribution in [1.82, 2.24) is 14.9 Å². The number of nitrogens with zero attached hydrogens (tertiary/aromatic N) is 2. The van der Waals surface area contributed by atoms with E-state index in [9.17, 15) is 13.2 Å². The highest BCUT2D eigenvalue weighted by atomic mass is 32.2. The van der Waals surface area contributed by atoms with E-state index in [1.165, 1.54) is 0 Å². The topological polar surface area (TPSA) is 101 Å². The first-order valence-corrected chi connectivity index (χ1v) is 10.4. The lowest BCUT2D eigenvalue weighted by molar-refractivity contribution is 0.102. The molecular formula is C18H18N4O3S2. The Hall–Kier alpha value is -2.62. The van der Waals surface area contributed by atoms with E-state index >= 15 is 0 Å². The van der Waals surface area contributed by atoms with Gasteiger partial charge in [-0.1, -0.05) is 47.2 Å². The molecule has 0 atom stereocenters. The SMILES string of the molecule is Cc1ccc(S(=O)(=O)NCc2nnc(C(=O)Nc3ccccc3)s2)c(C)c1. The molecule has 0 bridgehead atoms. The zero-order chi connectivity index (χ0) is 19.4. The average molecular weight is 403 g/mol. The van der Waals surface area contributed by atoms with Gasteiger partial charge in [0.2, 0.25) is 15.0 Å². The van der Waals surface area contributed by atoms with Gasteiger partial charge in [-0.25, -0.2) is 13.1 Å². The number of carbonyl (C=O) groups is 1. The molecule has 140 valence electrons. The van der Waals surface area contributed by atoms with E-state index in [1.54, 1.807) is 31.2 Å². The third kappa shape index (κ3) is 4.76. The van der Waals surface area contributed by atoms with Crippen LogP contribution in [0, 0.1) is 13.8 Å². The lowest BCUT2D eigenvalue weighted by atomic mass is 10.2. The summed E-state index contributed by atoms with van der Waals surface area (Å²) in [5, 5.41) is 11.0. The summed E-state index contributed by atoms with van der Waals surface area (Å²) in [4.78, 5) is 12.4. The van der Waals surface area contributed by atoms with Gasteiger partial charge in [0.1, 0.15) is 5.01 Å². The maximum atomic E-state index is 12.5. The average Bonchev–Trinajstić information content (AvgIpc) is 3.10. The fourth-order valence-electron chi connectivity index (χ4n) is 2.46. The summed E-state index contributed by atoms with van der Waals surface area (Å²) < 4.78 is 27.5. The van der Waals surface area contributed by atoms with Gasteiger partial charge in [0.15, 0.2) is 0 Å². The molecule has 1 heterocycles.